The van der Waals surface area contributed by atoms with Gasteiger partial charge in [-0.15, -0.1) is 11.6 Å². The number of hydrogen-bond donors (Lipinski definition) is 0. The molecule has 0 aliphatic rings. The van der Waals surface area contributed by atoms with Crippen LogP contribution in [0.2, 0.25) is 0 Å². The average Bonchev–Trinajstić information content (AvgIpc) is 2.32. The number of halogens is 3. The van der Waals surface area contributed by atoms with Gasteiger partial charge in [0.05, 0.1) is 5.38 Å². The summed E-state index contributed by atoms with van der Waals surface area (Å²) in [5.74, 6) is -0.278. The monoisotopic (exact) mass is 298 g/mol. The molecule has 0 aliphatic carbocycles. The van der Waals surface area contributed by atoms with E-state index in [1.165, 1.54) is 12.1 Å². The predicted molar refractivity (Wildman–Crippen MR) is 68.2 cm³/mol. The van der Waals surface area contributed by atoms with E-state index in [1.807, 2.05) is 30.3 Å². The zero-order chi connectivity index (χ0) is 11.5. The standard InChI is InChI=1S/C13H9BrClF/c14-12-7-6-10(16)8-11(12)13(15)9-4-2-1-3-5-9/h1-8,13H. The van der Waals surface area contributed by atoms with Crippen LogP contribution in [0.4, 0.5) is 4.39 Å². The summed E-state index contributed by atoms with van der Waals surface area (Å²) >= 11 is 9.69. The van der Waals surface area contributed by atoms with Crippen molar-refractivity contribution < 1.29 is 4.39 Å². The van der Waals surface area contributed by atoms with Crippen molar-refractivity contribution in [1.82, 2.24) is 0 Å². The van der Waals surface area contributed by atoms with Crippen LogP contribution >= 0.6 is 27.5 Å². The highest BCUT2D eigenvalue weighted by Crippen LogP contribution is 2.33. The Morgan fingerprint density at radius 2 is 1.75 bits per heavy atom. The summed E-state index contributed by atoms with van der Waals surface area (Å²) in [6.45, 7) is 0. The third kappa shape index (κ3) is 2.45. The maximum Gasteiger partial charge on any atom is 0.123 e. The highest BCUT2D eigenvalue weighted by molar-refractivity contribution is 9.10. The van der Waals surface area contributed by atoms with Crippen molar-refractivity contribution in [3.8, 4) is 0 Å². The molecule has 16 heavy (non-hydrogen) atoms. The van der Waals surface area contributed by atoms with E-state index in [4.69, 9.17) is 11.6 Å². The van der Waals surface area contributed by atoms with Gasteiger partial charge < -0.3 is 0 Å². The highest BCUT2D eigenvalue weighted by atomic mass is 79.9. The Morgan fingerprint density at radius 1 is 1.06 bits per heavy atom. The third-order valence-electron chi connectivity index (χ3n) is 2.32. The minimum absolute atomic E-state index is 0.278. The number of rotatable bonds is 2. The fraction of sp³-hybridized carbons (Fsp3) is 0.0769. The van der Waals surface area contributed by atoms with Crippen LogP contribution in [0.3, 0.4) is 0 Å². The molecule has 1 atom stereocenters. The summed E-state index contributed by atoms with van der Waals surface area (Å²) in [5.41, 5.74) is 1.70. The Bertz CT molecular complexity index is 485. The zero-order valence-corrected chi connectivity index (χ0v) is 10.7. The summed E-state index contributed by atoms with van der Waals surface area (Å²) in [6.07, 6.45) is 0. The van der Waals surface area contributed by atoms with Crippen LogP contribution in [-0.2, 0) is 0 Å². The summed E-state index contributed by atoms with van der Waals surface area (Å²) in [5, 5.41) is -0.341. The van der Waals surface area contributed by atoms with Crippen LogP contribution in [0.5, 0.6) is 0 Å². The van der Waals surface area contributed by atoms with E-state index >= 15 is 0 Å². The molecule has 2 aromatic carbocycles. The van der Waals surface area contributed by atoms with Crippen LogP contribution in [0, 0.1) is 5.82 Å². The number of alkyl halides is 1. The van der Waals surface area contributed by atoms with Crippen molar-refractivity contribution in [2.45, 2.75) is 5.38 Å². The molecule has 0 saturated heterocycles. The summed E-state index contributed by atoms with van der Waals surface area (Å²) in [7, 11) is 0. The quantitative estimate of drug-likeness (QED) is 0.691. The molecule has 0 N–H and O–H groups in total. The lowest BCUT2D eigenvalue weighted by Crippen LogP contribution is -1.95. The van der Waals surface area contributed by atoms with E-state index in [-0.39, 0.29) is 11.2 Å². The van der Waals surface area contributed by atoms with Crippen molar-refractivity contribution in [3.63, 3.8) is 0 Å². The lowest BCUT2D eigenvalue weighted by molar-refractivity contribution is 0.625. The van der Waals surface area contributed by atoms with Gasteiger partial charge in [-0.3, -0.25) is 0 Å². The summed E-state index contributed by atoms with van der Waals surface area (Å²) in [6, 6.07) is 14.1. The Kier molecular flexibility index (Phi) is 3.62. The SMILES string of the molecule is Fc1ccc(Br)c(C(Cl)c2ccccc2)c1. The first-order valence-electron chi connectivity index (χ1n) is 4.82. The van der Waals surface area contributed by atoms with Gasteiger partial charge in [0.1, 0.15) is 5.82 Å². The molecule has 0 saturated carbocycles. The molecule has 0 radical (unpaired) electrons. The van der Waals surface area contributed by atoms with Crippen molar-refractivity contribution >= 4 is 27.5 Å². The second-order valence-electron chi connectivity index (χ2n) is 3.44. The zero-order valence-electron chi connectivity index (χ0n) is 8.33. The lowest BCUT2D eigenvalue weighted by Gasteiger charge is -2.12. The smallest absolute Gasteiger partial charge is 0.123 e. The molecule has 0 aromatic heterocycles. The lowest BCUT2D eigenvalue weighted by atomic mass is 10.0. The molecule has 0 spiro atoms. The van der Waals surface area contributed by atoms with Gasteiger partial charge in [-0.1, -0.05) is 46.3 Å². The molecule has 0 bridgehead atoms. The first-order chi connectivity index (χ1) is 7.68. The first-order valence-corrected chi connectivity index (χ1v) is 6.05. The number of hydrogen-bond acceptors (Lipinski definition) is 0. The minimum Gasteiger partial charge on any atom is -0.207 e. The van der Waals surface area contributed by atoms with Crippen LogP contribution in [0.1, 0.15) is 16.5 Å². The van der Waals surface area contributed by atoms with E-state index in [0.717, 1.165) is 15.6 Å². The molecule has 0 aliphatic heterocycles. The average molecular weight is 300 g/mol. The van der Waals surface area contributed by atoms with E-state index in [9.17, 15) is 4.39 Å². The van der Waals surface area contributed by atoms with Gasteiger partial charge in [-0.25, -0.2) is 4.39 Å². The predicted octanol–water partition coefficient (Wildman–Crippen LogP) is 4.92. The fourth-order valence-corrected chi connectivity index (χ4v) is 2.44. The van der Waals surface area contributed by atoms with E-state index < -0.39 is 0 Å². The van der Waals surface area contributed by atoms with Gasteiger partial charge in [0.2, 0.25) is 0 Å². The molecule has 0 heterocycles. The maximum atomic E-state index is 13.1. The molecule has 0 nitrogen and oxygen atoms in total. The van der Waals surface area contributed by atoms with Crippen molar-refractivity contribution in [2.75, 3.05) is 0 Å². The largest absolute Gasteiger partial charge is 0.207 e. The minimum atomic E-state index is -0.341. The second-order valence-corrected chi connectivity index (χ2v) is 4.73. The molecular weight excluding hydrogens is 290 g/mol. The Balaban J connectivity index is 2.41. The van der Waals surface area contributed by atoms with E-state index in [0.29, 0.717) is 0 Å². The van der Waals surface area contributed by atoms with Gasteiger partial charge in [0.15, 0.2) is 0 Å². The topological polar surface area (TPSA) is 0 Å². The fourth-order valence-electron chi connectivity index (χ4n) is 1.51. The molecule has 82 valence electrons. The normalized spacial score (nSPS) is 12.4. The molecular formula is C13H9BrClF. The van der Waals surface area contributed by atoms with Crippen molar-refractivity contribution in [3.05, 3.63) is 69.9 Å². The Morgan fingerprint density at radius 3 is 2.44 bits per heavy atom. The van der Waals surface area contributed by atoms with Crippen LogP contribution in [0.15, 0.2) is 53.0 Å². The second kappa shape index (κ2) is 4.98. The maximum absolute atomic E-state index is 13.1. The van der Waals surface area contributed by atoms with Crippen LogP contribution in [0.25, 0.3) is 0 Å². The summed E-state index contributed by atoms with van der Waals surface area (Å²) < 4.78 is 14.0. The van der Waals surface area contributed by atoms with Gasteiger partial charge in [-0.05, 0) is 29.3 Å². The summed E-state index contributed by atoms with van der Waals surface area (Å²) in [4.78, 5) is 0. The Labute approximate surface area is 107 Å². The molecule has 2 aromatic rings. The third-order valence-corrected chi connectivity index (χ3v) is 3.53. The highest BCUT2D eigenvalue weighted by Gasteiger charge is 2.14. The van der Waals surface area contributed by atoms with Gasteiger partial charge in [0.25, 0.3) is 0 Å². The van der Waals surface area contributed by atoms with Crippen molar-refractivity contribution in [1.29, 1.82) is 0 Å². The molecule has 2 rings (SSSR count). The molecule has 3 heteroatoms. The first kappa shape index (κ1) is 11.6. The molecule has 0 fully saturated rings. The molecule has 1 unspecified atom stereocenters. The molecule has 0 amide bonds. The van der Waals surface area contributed by atoms with Gasteiger partial charge in [0, 0.05) is 4.47 Å². The van der Waals surface area contributed by atoms with Crippen molar-refractivity contribution in [2.24, 2.45) is 0 Å². The number of benzene rings is 2. The Hall–Kier alpha value is -0.860. The van der Waals surface area contributed by atoms with Gasteiger partial charge >= 0.3 is 0 Å². The van der Waals surface area contributed by atoms with E-state index in [1.54, 1.807) is 6.07 Å². The van der Waals surface area contributed by atoms with Gasteiger partial charge in [-0.2, -0.15) is 0 Å². The van der Waals surface area contributed by atoms with E-state index in [2.05, 4.69) is 15.9 Å². The van der Waals surface area contributed by atoms with Crippen LogP contribution in [-0.4, -0.2) is 0 Å². The van der Waals surface area contributed by atoms with Crippen LogP contribution < -0.4 is 0 Å².